The van der Waals surface area contributed by atoms with Crippen molar-refractivity contribution in [2.75, 3.05) is 6.61 Å². The van der Waals surface area contributed by atoms with Crippen LogP contribution in [0.2, 0.25) is 0 Å². The Balaban J connectivity index is 3.52. The number of unbranched alkanes of at least 4 members (excludes halogenated alkanes) is 45. The summed E-state index contributed by atoms with van der Waals surface area (Å²) in [5.41, 5.74) is 0. The molecule has 72 heavy (non-hydrogen) atoms. The topological polar surface area (TPSA) is 110 Å². The van der Waals surface area contributed by atoms with Gasteiger partial charge in [0.05, 0.1) is 18.8 Å². The Hall–Kier alpha value is -1.47. The number of allylic oxidation sites excluding steroid dienone is 6. The standard InChI is InChI=1S/C66H127NO5/c1-3-5-7-9-11-13-15-17-19-21-23-24-25-26-27-28-29-30-31-32-33-34-35-36-37-38-39-40-41-42-44-46-48-50-52-54-56-58-60-64(70)66(72)67-62(61-68)65(71)63(69)59-57-55-53-51-49-47-45-43-22-20-18-16-14-12-10-8-6-4-2/h16,18,43,45,51,53,62-65,68-71H,3-15,17,19-42,44,46-50,52,54-61H2,1-2H3,(H,67,72)/b18-16+,45-43+,53-51+. The van der Waals surface area contributed by atoms with E-state index in [0.717, 1.165) is 51.4 Å². The highest BCUT2D eigenvalue weighted by molar-refractivity contribution is 5.80. The van der Waals surface area contributed by atoms with Gasteiger partial charge in [-0.25, -0.2) is 0 Å². The predicted octanol–water partition coefficient (Wildman–Crippen LogP) is 19.5. The van der Waals surface area contributed by atoms with Crippen molar-refractivity contribution >= 4 is 5.91 Å². The van der Waals surface area contributed by atoms with E-state index in [-0.39, 0.29) is 0 Å². The predicted molar refractivity (Wildman–Crippen MR) is 316 cm³/mol. The first kappa shape index (κ1) is 70.5. The normalized spacial score (nSPS) is 13.8. The van der Waals surface area contributed by atoms with Crippen molar-refractivity contribution < 1.29 is 25.2 Å². The van der Waals surface area contributed by atoms with E-state index in [0.29, 0.717) is 19.3 Å². The minimum atomic E-state index is -1.29. The maximum Gasteiger partial charge on any atom is 0.249 e. The van der Waals surface area contributed by atoms with Crippen LogP contribution < -0.4 is 5.32 Å². The number of hydrogen-bond donors (Lipinski definition) is 5. The highest BCUT2D eigenvalue weighted by atomic mass is 16.3. The quantitative estimate of drug-likeness (QED) is 0.0308. The molecule has 6 heteroatoms. The van der Waals surface area contributed by atoms with Crippen molar-refractivity contribution in [3.63, 3.8) is 0 Å². The van der Waals surface area contributed by atoms with E-state index in [4.69, 9.17) is 0 Å². The summed E-state index contributed by atoms with van der Waals surface area (Å²) in [7, 11) is 0. The van der Waals surface area contributed by atoms with Crippen LogP contribution in [-0.2, 0) is 4.79 Å². The van der Waals surface area contributed by atoms with Gasteiger partial charge in [-0.3, -0.25) is 4.79 Å². The fourth-order valence-electron chi connectivity index (χ4n) is 10.3. The van der Waals surface area contributed by atoms with Crippen LogP contribution in [0.25, 0.3) is 0 Å². The van der Waals surface area contributed by atoms with Crippen LogP contribution in [0, 0.1) is 0 Å². The molecule has 0 aromatic carbocycles. The Labute approximate surface area is 449 Å². The zero-order valence-corrected chi connectivity index (χ0v) is 48.4. The number of carbonyl (C=O) groups excluding carboxylic acids is 1. The molecule has 0 fully saturated rings. The Morgan fingerprint density at radius 2 is 0.583 bits per heavy atom. The van der Waals surface area contributed by atoms with E-state index in [1.807, 2.05) is 0 Å². The molecule has 1 amide bonds. The van der Waals surface area contributed by atoms with Gasteiger partial charge in [0.1, 0.15) is 12.2 Å². The first-order valence-corrected chi connectivity index (χ1v) is 32.4. The van der Waals surface area contributed by atoms with Crippen LogP contribution >= 0.6 is 0 Å². The van der Waals surface area contributed by atoms with Crippen molar-refractivity contribution in [2.24, 2.45) is 0 Å². The molecule has 0 aromatic rings. The average molecular weight is 1010 g/mol. The summed E-state index contributed by atoms with van der Waals surface area (Å²) >= 11 is 0. The lowest BCUT2D eigenvalue weighted by Gasteiger charge is -2.27. The van der Waals surface area contributed by atoms with Gasteiger partial charge in [0.25, 0.3) is 0 Å². The number of carbonyl (C=O) groups is 1. The molecular formula is C66H127NO5. The molecule has 426 valence electrons. The SMILES string of the molecule is CCCCCCC/C=C/CC/C=C/CC/C=C/CCCC(O)C(O)C(CO)NC(=O)C(O)CCCCCCCCCCCCCCCCCCCCCCCCCCCCCCCCCCCCCCCC. The summed E-state index contributed by atoms with van der Waals surface area (Å²) in [6, 6.07) is -1.01. The second-order valence-corrected chi connectivity index (χ2v) is 22.4. The molecular weight excluding hydrogens is 887 g/mol. The summed E-state index contributed by atoms with van der Waals surface area (Å²) in [6.07, 6.45) is 76.9. The fraction of sp³-hybridized carbons (Fsp3) is 0.894. The maximum atomic E-state index is 12.6. The van der Waals surface area contributed by atoms with Gasteiger partial charge in [-0.1, -0.05) is 320 Å². The van der Waals surface area contributed by atoms with Gasteiger partial charge in [0, 0.05) is 0 Å². The first-order valence-electron chi connectivity index (χ1n) is 32.4. The van der Waals surface area contributed by atoms with Crippen molar-refractivity contribution in [1.29, 1.82) is 0 Å². The van der Waals surface area contributed by atoms with Crippen molar-refractivity contribution in [3.8, 4) is 0 Å². The number of hydrogen-bond acceptors (Lipinski definition) is 5. The van der Waals surface area contributed by atoms with Crippen LogP contribution in [-0.4, -0.2) is 57.3 Å². The molecule has 0 aliphatic carbocycles. The Morgan fingerprint density at radius 3 is 0.875 bits per heavy atom. The molecule has 4 atom stereocenters. The minimum Gasteiger partial charge on any atom is -0.394 e. The lowest BCUT2D eigenvalue weighted by atomic mass is 10.00. The molecule has 0 saturated heterocycles. The van der Waals surface area contributed by atoms with Gasteiger partial charge < -0.3 is 25.7 Å². The second-order valence-electron chi connectivity index (χ2n) is 22.4. The monoisotopic (exact) mass is 1010 g/mol. The van der Waals surface area contributed by atoms with Crippen molar-refractivity contribution in [3.05, 3.63) is 36.5 Å². The highest BCUT2D eigenvalue weighted by Gasteiger charge is 2.28. The molecule has 0 spiro atoms. The summed E-state index contributed by atoms with van der Waals surface area (Å²) in [5.74, 6) is -0.594. The van der Waals surface area contributed by atoms with Gasteiger partial charge in [0.15, 0.2) is 0 Å². The summed E-state index contributed by atoms with van der Waals surface area (Å²) in [4.78, 5) is 12.6. The molecule has 0 heterocycles. The van der Waals surface area contributed by atoms with Crippen LogP contribution in [0.1, 0.15) is 348 Å². The molecule has 5 N–H and O–H groups in total. The zero-order chi connectivity index (χ0) is 52.3. The van der Waals surface area contributed by atoms with E-state index in [9.17, 15) is 25.2 Å². The number of amides is 1. The number of aliphatic hydroxyl groups is 4. The van der Waals surface area contributed by atoms with Gasteiger partial charge in [0.2, 0.25) is 5.91 Å². The van der Waals surface area contributed by atoms with Crippen LogP contribution in [0.5, 0.6) is 0 Å². The van der Waals surface area contributed by atoms with Crippen LogP contribution in [0.4, 0.5) is 0 Å². The second kappa shape index (κ2) is 60.4. The van der Waals surface area contributed by atoms with Crippen LogP contribution in [0.3, 0.4) is 0 Å². The molecule has 6 nitrogen and oxygen atoms in total. The third-order valence-corrected chi connectivity index (χ3v) is 15.3. The summed E-state index contributed by atoms with van der Waals surface area (Å²) in [6.45, 7) is 4.06. The third-order valence-electron chi connectivity index (χ3n) is 15.3. The lowest BCUT2D eigenvalue weighted by Crippen LogP contribution is -2.53. The lowest BCUT2D eigenvalue weighted by molar-refractivity contribution is -0.132. The fourth-order valence-corrected chi connectivity index (χ4v) is 10.3. The van der Waals surface area contributed by atoms with E-state index in [1.165, 1.54) is 263 Å². The third kappa shape index (κ3) is 53.4. The average Bonchev–Trinajstić information content (AvgIpc) is 3.39. The maximum absolute atomic E-state index is 12.6. The number of rotatable bonds is 60. The molecule has 0 aliphatic rings. The Morgan fingerprint density at radius 1 is 0.333 bits per heavy atom. The Kier molecular flexibility index (Phi) is 59.2. The summed E-state index contributed by atoms with van der Waals surface area (Å²) in [5, 5.41) is 44.0. The molecule has 0 bridgehead atoms. The minimum absolute atomic E-state index is 0.362. The van der Waals surface area contributed by atoms with Crippen molar-refractivity contribution in [2.45, 2.75) is 372 Å². The van der Waals surface area contributed by atoms with Gasteiger partial charge in [-0.2, -0.15) is 0 Å². The molecule has 0 saturated carbocycles. The molecule has 0 rings (SSSR count). The largest absolute Gasteiger partial charge is 0.394 e. The van der Waals surface area contributed by atoms with Gasteiger partial charge in [-0.05, 0) is 64.2 Å². The summed E-state index contributed by atoms with van der Waals surface area (Å²) < 4.78 is 0. The highest BCUT2D eigenvalue weighted by Crippen LogP contribution is 2.19. The van der Waals surface area contributed by atoms with E-state index in [2.05, 4.69) is 55.6 Å². The first-order chi connectivity index (χ1) is 35.5. The molecule has 0 aromatic heterocycles. The van der Waals surface area contributed by atoms with E-state index < -0.39 is 36.9 Å². The van der Waals surface area contributed by atoms with Crippen LogP contribution in [0.15, 0.2) is 36.5 Å². The molecule has 4 unspecified atom stereocenters. The van der Waals surface area contributed by atoms with Crippen molar-refractivity contribution in [1.82, 2.24) is 5.32 Å². The zero-order valence-electron chi connectivity index (χ0n) is 48.4. The molecule has 0 aliphatic heterocycles. The van der Waals surface area contributed by atoms with Gasteiger partial charge in [-0.15, -0.1) is 0 Å². The number of nitrogens with one attached hydrogen (secondary N) is 1. The van der Waals surface area contributed by atoms with Gasteiger partial charge >= 0.3 is 0 Å². The van der Waals surface area contributed by atoms with E-state index in [1.54, 1.807) is 0 Å². The molecule has 0 radical (unpaired) electrons. The van der Waals surface area contributed by atoms with E-state index >= 15 is 0 Å². The smallest absolute Gasteiger partial charge is 0.249 e. The number of aliphatic hydroxyl groups excluding tert-OH is 4. The Bertz CT molecular complexity index is 1140.